The minimum absolute atomic E-state index is 0.0566. The molecule has 0 radical (unpaired) electrons. The highest BCUT2D eigenvalue weighted by Gasteiger charge is 2.27. The monoisotopic (exact) mass is 366 g/mol. The second kappa shape index (κ2) is 7.16. The molecule has 0 unspecified atom stereocenters. The molecule has 20 heavy (non-hydrogen) atoms. The molecule has 1 aromatic carbocycles. The lowest BCUT2D eigenvalue weighted by Gasteiger charge is -2.21. The number of hydrogen-bond acceptors (Lipinski definition) is 4. The van der Waals surface area contributed by atoms with Crippen LogP contribution >= 0.6 is 15.9 Å². The van der Waals surface area contributed by atoms with E-state index in [9.17, 15) is 12.8 Å². The van der Waals surface area contributed by atoms with Crippen LogP contribution in [0.15, 0.2) is 34.2 Å². The number of hydrogen-bond donors (Lipinski definition) is 1. The molecule has 0 aromatic heterocycles. The van der Waals surface area contributed by atoms with Crippen LogP contribution in [0.1, 0.15) is 0 Å². The summed E-state index contributed by atoms with van der Waals surface area (Å²) in [4.78, 5) is -0.462. The smallest absolute Gasteiger partial charge is 0.246 e. The van der Waals surface area contributed by atoms with Crippen molar-refractivity contribution in [3.05, 3.63) is 35.1 Å². The molecule has 1 aromatic rings. The van der Waals surface area contributed by atoms with E-state index in [-0.39, 0.29) is 25.4 Å². The van der Waals surface area contributed by atoms with Gasteiger partial charge in [-0.3, -0.25) is 0 Å². The third-order valence-electron chi connectivity index (χ3n) is 2.55. The van der Waals surface area contributed by atoms with E-state index < -0.39 is 20.7 Å². The fourth-order valence-corrected chi connectivity index (χ4v) is 3.32. The normalized spacial score (nSPS) is 11.8. The molecule has 0 saturated carbocycles. The Balaban J connectivity index is 3.25. The topological polar surface area (TPSA) is 72.6 Å². The van der Waals surface area contributed by atoms with Gasteiger partial charge in [0.05, 0.1) is 6.61 Å². The van der Waals surface area contributed by atoms with Crippen molar-refractivity contribution in [2.75, 3.05) is 32.5 Å². The van der Waals surface area contributed by atoms with Crippen molar-refractivity contribution >= 4 is 31.6 Å². The molecule has 1 rings (SSSR count). The Bertz CT molecular complexity index is 593. The Morgan fingerprint density at radius 2 is 2.20 bits per heavy atom. The molecule has 0 amide bonds. The van der Waals surface area contributed by atoms with Crippen molar-refractivity contribution in [2.24, 2.45) is 0 Å². The van der Waals surface area contributed by atoms with Gasteiger partial charge in [-0.05, 0) is 28.1 Å². The Morgan fingerprint density at radius 3 is 2.75 bits per heavy atom. The average molecular weight is 367 g/mol. The fraction of sp³-hybridized carbons (Fsp3) is 0.333. The van der Waals surface area contributed by atoms with E-state index in [1.807, 2.05) is 0 Å². The van der Waals surface area contributed by atoms with E-state index in [2.05, 4.69) is 22.5 Å². The lowest BCUT2D eigenvalue weighted by Crippen LogP contribution is -2.34. The van der Waals surface area contributed by atoms with E-state index >= 15 is 0 Å². The minimum atomic E-state index is -4.00. The zero-order valence-corrected chi connectivity index (χ0v) is 13.4. The van der Waals surface area contributed by atoms with Gasteiger partial charge >= 0.3 is 0 Å². The summed E-state index contributed by atoms with van der Waals surface area (Å²) in [5, 5.41) is 0. The van der Waals surface area contributed by atoms with Gasteiger partial charge in [-0.15, -0.1) is 6.58 Å². The molecule has 0 heterocycles. The Labute approximate surface area is 126 Å². The molecule has 0 aliphatic rings. The van der Waals surface area contributed by atoms with Crippen LogP contribution in [-0.4, -0.2) is 39.5 Å². The second-order valence-electron chi connectivity index (χ2n) is 3.95. The van der Waals surface area contributed by atoms with E-state index in [0.29, 0.717) is 4.47 Å². The van der Waals surface area contributed by atoms with E-state index in [4.69, 9.17) is 10.5 Å². The van der Waals surface area contributed by atoms with Gasteiger partial charge in [0.25, 0.3) is 0 Å². The Hall–Kier alpha value is -0.960. The summed E-state index contributed by atoms with van der Waals surface area (Å²) in [6.45, 7) is 3.85. The van der Waals surface area contributed by atoms with Crippen molar-refractivity contribution in [2.45, 2.75) is 4.90 Å². The molecule has 0 fully saturated rings. The van der Waals surface area contributed by atoms with Crippen LogP contribution in [0.4, 0.5) is 10.1 Å². The first-order chi connectivity index (χ1) is 9.34. The first-order valence-corrected chi connectivity index (χ1v) is 7.92. The molecule has 0 saturated heterocycles. The number of anilines is 1. The number of halogens is 2. The molecule has 0 atom stereocenters. The van der Waals surface area contributed by atoms with Gasteiger partial charge in [-0.25, -0.2) is 12.8 Å². The highest BCUT2D eigenvalue weighted by Crippen LogP contribution is 2.27. The van der Waals surface area contributed by atoms with Crippen LogP contribution < -0.4 is 5.73 Å². The van der Waals surface area contributed by atoms with Crippen molar-refractivity contribution < 1.29 is 17.5 Å². The van der Waals surface area contributed by atoms with Gasteiger partial charge in [0, 0.05) is 30.4 Å². The fourth-order valence-electron chi connectivity index (χ4n) is 1.53. The Morgan fingerprint density at radius 1 is 1.55 bits per heavy atom. The number of methoxy groups -OCH3 is 1. The molecule has 112 valence electrons. The highest BCUT2D eigenvalue weighted by molar-refractivity contribution is 9.10. The van der Waals surface area contributed by atoms with Gasteiger partial charge in [0.1, 0.15) is 10.7 Å². The third kappa shape index (κ3) is 3.78. The predicted octanol–water partition coefficient (Wildman–Crippen LogP) is 1.99. The summed E-state index contributed by atoms with van der Waals surface area (Å²) in [5.41, 5.74) is 5.77. The lowest BCUT2D eigenvalue weighted by molar-refractivity contribution is 0.182. The quantitative estimate of drug-likeness (QED) is 0.591. The van der Waals surface area contributed by atoms with E-state index in [0.717, 1.165) is 16.4 Å². The Kier molecular flexibility index (Phi) is 6.12. The van der Waals surface area contributed by atoms with Crippen LogP contribution in [0.3, 0.4) is 0 Å². The number of sulfonamides is 1. The summed E-state index contributed by atoms with van der Waals surface area (Å²) >= 11 is 3.05. The molecule has 2 N–H and O–H groups in total. The molecular formula is C12H16BrFN2O3S. The summed E-state index contributed by atoms with van der Waals surface area (Å²) in [6, 6.07) is 2.13. The number of nitrogens with zero attached hydrogens (tertiary/aromatic N) is 1. The maximum Gasteiger partial charge on any atom is 0.246 e. The van der Waals surface area contributed by atoms with Crippen molar-refractivity contribution in [1.82, 2.24) is 4.31 Å². The molecule has 0 bridgehead atoms. The summed E-state index contributed by atoms with van der Waals surface area (Å²) in [6.07, 6.45) is 1.42. The average Bonchev–Trinajstić information content (AvgIpc) is 2.38. The predicted molar refractivity (Wildman–Crippen MR) is 79.3 cm³/mol. The lowest BCUT2D eigenvalue weighted by atomic mass is 10.3. The zero-order valence-electron chi connectivity index (χ0n) is 11.0. The SMILES string of the molecule is C=CCN(CCOC)S(=O)(=O)c1cc(N)c(Br)cc1F. The molecule has 0 spiro atoms. The number of nitrogen functional groups attached to an aromatic ring is 1. The van der Waals surface area contributed by atoms with Crippen molar-refractivity contribution in [1.29, 1.82) is 0 Å². The van der Waals surface area contributed by atoms with Crippen molar-refractivity contribution in [3.63, 3.8) is 0 Å². The largest absolute Gasteiger partial charge is 0.398 e. The van der Waals surface area contributed by atoms with E-state index in [1.165, 1.54) is 13.2 Å². The maximum absolute atomic E-state index is 13.9. The van der Waals surface area contributed by atoms with Gasteiger partial charge in [0.2, 0.25) is 10.0 Å². The summed E-state index contributed by atoms with van der Waals surface area (Å²) in [7, 11) is -2.54. The summed E-state index contributed by atoms with van der Waals surface area (Å²) < 4.78 is 45.0. The van der Waals surface area contributed by atoms with Gasteiger partial charge in [0.15, 0.2) is 0 Å². The highest BCUT2D eigenvalue weighted by atomic mass is 79.9. The number of rotatable bonds is 7. The van der Waals surface area contributed by atoms with Gasteiger partial charge in [-0.2, -0.15) is 4.31 Å². The molecular weight excluding hydrogens is 351 g/mol. The number of ether oxygens (including phenoxy) is 1. The minimum Gasteiger partial charge on any atom is -0.398 e. The number of nitrogens with two attached hydrogens (primary N) is 1. The second-order valence-corrected chi connectivity index (χ2v) is 6.71. The number of benzene rings is 1. The van der Waals surface area contributed by atoms with Crippen LogP contribution in [0.25, 0.3) is 0 Å². The first kappa shape index (κ1) is 17.1. The zero-order chi connectivity index (χ0) is 15.3. The molecule has 0 aliphatic heterocycles. The first-order valence-electron chi connectivity index (χ1n) is 5.69. The summed E-state index contributed by atoms with van der Waals surface area (Å²) in [5.74, 6) is -0.863. The van der Waals surface area contributed by atoms with Crippen LogP contribution in [0.5, 0.6) is 0 Å². The molecule has 5 nitrogen and oxygen atoms in total. The van der Waals surface area contributed by atoms with Crippen molar-refractivity contribution in [3.8, 4) is 0 Å². The standard InChI is InChI=1S/C12H16BrFN2O3S/c1-3-4-16(5-6-19-2)20(17,18)12-8-11(15)9(13)7-10(12)14/h3,7-8H,1,4-6,15H2,2H3. The van der Waals surface area contributed by atoms with Gasteiger partial charge < -0.3 is 10.5 Å². The van der Waals surface area contributed by atoms with Crippen LogP contribution in [-0.2, 0) is 14.8 Å². The van der Waals surface area contributed by atoms with Gasteiger partial charge in [-0.1, -0.05) is 6.08 Å². The van der Waals surface area contributed by atoms with Crippen LogP contribution in [0, 0.1) is 5.82 Å². The van der Waals surface area contributed by atoms with Crippen LogP contribution in [0.2, 0.25) is 0 Å². The molecule has 0 aliphatic carbocycles. The third-order valence-corrected chi connectivity index (χ3v) is 5.11. The molecule has 8 heteroatoms. The maximum atomic E-state index is 13.9. The van der Waals surface area contributed by atoms with E-state index in [1.54, 1.807) is 0 Å².